The molecular formula is C18H19O5P. The molecule has 0 aliphatic heterocycles. The van der Waals surface area contributed by atoms with E-state index in [9.17, 15) is 9.36 Å². The molecular weight excluding hydrogens is 327 g/mol. The Balaban J connectivity index is 2.14. The molecule has 24 heavy (non-hydrogen) atoms. The molecule has 0 aliphatic rings. The van der Waals surface area contributed by atoms with E-state index >= 15 is 0 Å². The van der Waals surface area contributed by atoms with Crippen molar-refractivity contribution >= 4 is 13.6 Å². The number of hydrogen-bond acceptors (Lipinski definition) is 5. The summed E-state index contributed by atoms with van der Waals surface area (Å²) < 4.78 is 29.0. The maximum absolute atomic E-state index is 13.0. The summed E-state index contributed by atoms with van der Waals surface area (Å²) in [6, 6.07) is 17.5. The van der Waals surface area contributed by atoms with Crippen molar-refractivity contribution in [3.8, 4) is 11.5 Å². The summed E-state index contributed by atoms with van der Waals surface area (Å²) in [6.07, 6.45) is 2.60. The maximum atomic E-state index is 13.0. The third-order valence-electron chi connectivity index (χ3n) is 2.84. The normalized spacial score (nSPS) is 11.2. The highest BCUT2D eigenvalue weighted by Gasteiger charge is 2.26. The van der Waals surface area contributed by atoms with Crippen molar-refractivity contribution in [2.75, 3.05) is 12.8 Å². The predicted octanol–water partition coefficient (Wildman–Crippen LogP) is 4.46. The second kappa shape index (κ2) is 8.94. The van der Waals surface area contributed by atoms with E-state index in [4.69, 9.17) is 13.8 Å². The van der Waals surface area contributed by atoms with Gasteiger partial charge in [0.2, 0.25) is 0 Å². The fraction of sp³-hybridized carbons (Fsp3) is 0.167. The van der Waals surface area contributed by atoms with Crippen LogP contribution in [-0.4, -0.2) is 18.7 Å². The van der Waals surface area contributed by atoms with Crippen LogP contribution in [0.3, 0.4) is 0 Å². The number of rotatable bonds is 8. The van der Waals surface area contributed by atoms with Gasteiger partial charge in [-0.3, -0.25) is 0 Å². The van der Waals surface area contributed by atoms with E-state index < -0.39 is 13.6 Å². The average Bonchev–Trinajstić information content (AvgIpc) is 2.56. The van der Waals surface area contributed by atoms with Gasteiger partial charge in [-0.25, -0.2) is 9.36 Å². The minimum absolute atomic E-state index is 0.0599. The van der Waals surface area contributed by atoms with Gasteiger partial charge in [0.05, 0.1) is 12.8 Å². The van der Waals surface area contributed by atoms with Crippen LogP contribution in [0, 0.1) is 0 Å². The zero-order chi connectivity index (χ0) is 17.3. The Morgan fingerprint density at radius 2 is 1.46 bits per heavy atom. The number of allylic oxidation sites excluding steroid dienone is 1. The Bertz CT molecular complexity index is 667. The standard InChI is InChI=1S/C18H19O5P/c1-2-21-18(19)14-9-15-24(20,22-16-10-5-3-6-11-16)23-17-12-7-4-8-13-17/h3-14H,2,15H2,1H3/b14-9+. The highest BCUT2D eigenvalue weighted by atomic mass is 31.2. The van der Waals surface area contributed by atoms with Crippen LogP contribution in [0.4, 0.5) is 0 Å². The van der Waals surface area contributed by atoms with E-state index in [1.807, 2.05) is 12.1 Å². The highest BCUT2D eigenvalue weighted by molar-refractivity contribution is 7.54. The van der Waals surface area contributed by atoms with Crippen molar-refractivity contribution in [2.24, 2.45) is 0 Å². The minimum atomic E-state index is -3.53. The smallest absolute Gasteiger partial charge is 0.434 e. The fourth-order valence-electron chi connectivity index (χ4n) is 1.85. The van der Waals surface area contributed by atoms with E-state index in [2.05, 4.69) is 0 Å². The molecule has 0 aliphatic carbocycles. The Morgan fingerprint density at radius 3 is 1.92 bits per heavy atom. The first kappa shape index (κ1) is 17.8. The van der Waals surface area contributed by atoms with E-state index in [0.717, 1.165) is 0 Å². The van der Waals surface area contributed by atoms with E-state index in [-0.39, 0.29) is 12.8 Å². The van der Waals surface area contributed by atoms with Crippen molar-refractivity contribution < 1.29 is 23.1 Å². The molecule has 0 saturated carbocycles. The molecule has 0 amide bonds. The molecule has 0 atom stereocenters. The summed E-state index contributed by atoms with van der Waals surface area (Å²) in [5.74, 6) is 0.367. The Labute approximate surface area is 141 Å². The fourth-order valence-corrected chi connectivity index (χ4v) is 3.28. The van der Waals surface area contributed by atoms with Crippen LogP contribution in [-0.2, 0) is 14.1 Å². The number of hydrogen-bond donors (Lipinski definition) is 0. The average molecular weight is 346 g/mol. The summed E-state index contributed by atoms with van der Waals surface area (Å²) in [6.45, 7) is 2.00. The maximum Gasteiger partial charge on any atom is 0.434 e. The minimum Gasteiger partial charge on any atom is -0.463 e. The molecule has 126 valence electrons. The molecule has 0 saturated heterocycles. The van der Waals surface area contributed by atoms with Gasteiger partial charge in [-0.2, -0.15) is 0 Å². The molecule has 0 unspecified atom stereocenters. The van der Waals surface area contributed by atoms with Gasteiger partial charge in [0.1, 0.15) is 11.5 Å². The van der Waals surface area contributed by atoms with Gasteiger partial charge in [-0.15, -0.1) is 0 Å². The molecule has 2 aromatic carbocycles. The van der Waals surface area contributed by atoms with E-state index in [0.29, 0.717) is 11.5 Å². The van der Waals surface area contributed by atoms with Gasteiger partial charge >= 0.3 is 13.6 Å². The van der Waals surface area contributed by atoms with Crippen molar-refractivity contribution in [1.29, 1.82) is 0 Å². The van der Waals surface area contributed by atoms with Gasteiger partial charge in [-0.05, 0) is 31.2 Å². The van der Waals surface area contributed by atoms with Crippen molar-refractivity contribution in [2.45, 2.75) is 6.92 Å². The number of benzene rings is 2. The number of ether oxygens (including phenoxy) is 1. The molecule has 0 N–H and O–H groups in total. The summed E-state index contributed by atoms with van der Waals surface area (Å²) in [5, 5.41) is 0. The second-order valence-corrected chi connectivity index (χ2v) is 6.71. The molecule has 2 aromatic rings. The largest absolute Gasteiger partial charge is 0.463 e. The molecule has 5 nitrogen and oxygen atoms in total. The number of carbonyl (C=O) groups is 1. The number of para-hydroxylation sites is 2. The molecule has 0 radical (unpaired) electrons. The first-order chi connectivity index (χ1) is 11.6. The van der Waals surface area contributed by atoms with Crippen molar-refractivity contribution in [1.82, 2.24) is 0 Å². The van der Waals surface area contributed by atoms with Crippen LogP contribution < -0.4 is 9.05 Å². The summed E-state index contributed by atoms with van der Waals surface area (Å²) >= 11 is 0. The lowest BCUT2D eigenvalue weighted by Gasteiger charge is -2.18. The first-order valence-electron chi connectivity index (χ1n) is 7.53. The summed E-state index contributed by atoms with van der Waals surface area (Å²) in [4.78, 5) is 11.4. The third kappa shape index (κ3) is 5.94. The zero-order valence-electron chi connectivity index (χ0n) is 13.3. The van der Waals surface area contributed by atoms with Crippen LogP contribution >= 0.6 is 7.60 Å². The molecule has 0 heterocycles. The lowest BCUT2D eigenvalue weighted by atomic mass is 10.3. The summed E-state index contributed by atoms with van der Waals surface area (Å²) in [7, 11) is -3.53. The zero-order valence-corrected chi connectivity index (χ0v) is 14.2. The lowest BCUT2D eigenvalue weighted by molar-refractivity contribution is -0.137. The molecule has 2 rings (SSSR count). The topological polar surface area (TPSA) is 61.8 Å². The van der Waals surface area contributed by atoms with Crippen LogP contribution in [0.15, 0.2) is 72.8 Å². The van der Waals surface area contributed by atoms with Gasteiger partial charge in [-0.1, -0.05) is 42.5 Å². The van der Waals surface area contributed by atoms with Gasteiger partial charge < -0.3 is 13.8 Å². The predicted molar refractivity (Wildman–Crippen MR) is 92.4 cm³/mol. The number of carbonyl (C=O) groups excluding carboxylic acids is 1. The van der Waals surface area contributed by atoms with Crippen LogP contribution in [0.1, 0.15) is 6.92 Å². The van der Waals surface area contributed by atoms with Crippen LogP contribution in [0.25, 0.3) is 0 Å². The van der Waals surface area contributed by atoms with Crippen molar-refractivity contribution in [3.05, 3.63) is 72.8 Å². The lowest BCUT2D eigenvalue weighted by Crippen LogP contribution is -2.05. The molecule has 0 spiro atoms. The third-order valence-corrected chi connectivity index (χ3v) is 4.48. The quantitative estimate of drug-likeness (QED) is 0.401. The van der Waals surface area contributed by atoms with Crippen LogP contribution in [0.5, 0.6) is 11.5 Å². The van der Waals surface area contributed by atoms with E-state index in [1.165, 1.54) is 12.2 Å². The van der Waals surface area contributed by atoms with Gasteiger partial charge in [0.25, 0.3) is 0 Å². The SMILES string of the molecule is CCOC(=O)/C=C/CP(=O)(Oc1ccccc1)Oc1ccccc1. The first-order valence-corrected chi connectivity index (χ1v) is 9.26. The Hall–Kier alpha value is -2.52. The Morgan fingerprint density at radius 1 is 0.958 bits per heavy atom. The van der Waals surface area contributed by atoms with Gasteiger partial charge in [0, 0.05) is 6.08 Å². The summed E-state index contributed by atoms with van der Waals surface area (Å²) in [5.41, 5.74) is 0. The molecule has 0 aromatic heterocycles. The highest BCUT2D eigenvalue weighted by Crippen LogP contribution is 2.48. The van der Waals surface area contributed by atoms with E-state index in [1.54, 1.807) is 55.5 Å². The van der Waals surface area contributed by atoms with Gasteiger partial charge in [0.15, 0.2) is 0 Å². The molecule has 0 bridgehead atoms. The van der Waals surface area contributed by atoms with Crippen molar-refractivity contribution in [3.63, 3.8) is 0 Å². The molecule has 0 fully saturated rings. The van der Waals surface area contributed by atoms with Crippen LogP contribution in [0.2, 0.25) is 0 Å². The monoisotopic (exact) mass is 346 g/mol. The Kier molecular flexibility index (Phi) is 6.64. The number of esters is 1. The second-order valence-electron chi connectivity index (χ2n) is 4.76. The molecule has 6 heteroatoms.